The molecule has 1 N–H and O–H groups in total. The molecule has 0 spiro atoms. The van der Waals surface area contributed by atoms with E-state index in [1.54, 1.807) is 6.92 Å². The molecule has 0 fully saturated rings. The minimum Gasteiger partial charge on any atom is -0.350 e. The van der Waals surface area contributed by atoms with Crippen LogP contribution in [0.1, 0.15) is 48.4 Å². The molecule has 138 valence electrons. The fourth-order valence-electron chi connectivity index (χ4n) is 4.79. The van der Waals surface area contributed by atoms with Crippen molar-refractivity contribution in [3.05, 3.63) is 95.6 Å². The zero-order valence-electron chi connectivity index (χ0n) is 16.0. The molecular weight excluding hydrogens is 342 g/mol. The van der Waals surface area contributed by atoms with Crippen LogP contribution in [0.2, 0.25) is 0 Å². The highest BCUT2D eigenvalue weighted by molar-refractivity contribution is 5.89. The van der Waals surface area contributed by atoms with Gasteiger partial charge in [0.15, 0.2) is 0 Å². The van der Waals surface area contributed by atoms with E-state index in [1.165, 1.54) is 38.2 Å². The first-order valence-electron chi connectivity index (χ1n) is 9.98. The van der Waals surface area contributed by atoms with Gasteiger partial charge in [-0.15, -0.1) is 0 Å². The molecule has 2 nitrogen and oxygen atoms in total. The number of benzene rings is 4. The molecule has 0 aliphatic heterocycles. The number of hydrogen-bond acceptors (Lipinski definition) is 1. The second-order valence-corrected chi connectivity index (χ2v) is 7.78. The highest BCUT2D eigenvalue weighted by Crippen LogP contribution is 2.45. The lowest BCUT2D eigenvalue weighted by atomic mass is 9.74. The van der Waals surface area contributed by atoms with Crippen LogP contribution in [0.5, 0.6) is 0 Å². The fourth-order valence-corrected chi connectivity index (χ4v) is 4.79. The van der Waals surface area contributed by atoms with Gasteiger partial charge in [-0.25, -0.2) is 0 Å². The Bertz CT molecular complexity index is 1190. The van der Waals surface area contributed by atoms with Crippen LogP contribution in [0.25, 0.3) is 21.5 Å². The van der Waals surface area contributed by atoms with Gasteiger partial charge in [-0.1, -0.05) is 78.9 Å². The molecule has 4 aromatic carbocycles. The van der Waals surface area contributed by atoms with Crippen LogP contribution in [-0.2, 0) is 4.79 Å². The molecule has 0 radical (unpaired) electrons. The minimum absolute atomic E-state index is 0.0354. The molecule has 0 heterocycles. The normalized spacial score (nSPS) is 18.8. The van der Waals surface area contributed by atoms with Crippen LogP contribution in [0, 0.1) is 0 Å². The number of carbonyl (C=O) groups is 1. The highest BCUT2D eigenvalue weighted by Gasteiger charge is 2.30. The van der Waals surface area contributed by atoms with Gasteiger partial charge in [-0.3, -0.25) is 4.79 Å². The summed E-state index contributed by atoms with van der Waals surface area (Å²) in [5.74, 6) is 0.379. The van der Waals surface area contributed by atoms with E-state index in [9.17, 15) is 4.79 Å². The van der Waals surface area contributed by atoms with Gasteiger partial charge >= 0.3 is 0 Å². The highest BCUT2D eigenvalue weighted by atomic mass is 16.1. The molecule has 1 amide bonds. The van der Waals surface area contributed by atoms with Gasteiger partial charge in [0.1, 0.15) is 0 Å². The van der Waals surface area contributed by atoms with Crippen molar-refractivity contribution in [2.75, 3.05) is 0 Å². The topological polar surface area (TPSA) is 29.1 Å². The first-order valence-corrected chi connectivity index (χ1v) is 9.98. The van der Waals surface area contributed by atoms with Gasteiger partial charge in [0.2, 0.25) is 5.91 Å². The van der Waals surface area contributed by atoms with Crippen LogP contribution in [0.3, 0.4) is 0 Å². The van der Waals surface area contributed by atoms with Crippen molar-refractivity contribution in [3.63, 3.8) is 0 Å². The predicted octanol–water partition coefficient (Wildman–Crippen LogP) is 6.10. The van der Waals surface area contributed by atoms with Crippen molar-refractivity contribution < 1.29 is 4.79 Å². The van der Waals surface area contributed by atoms with E-state index in [1.807, 2.05) is 0 Å². The third-order valence-corrected chi connectivity index (χ3v) is 6.03. The van der Waals surface area contributed by atoms with Crippen molar-refractivity contribution in [1.82, 2.24) is 5.32 Å². The molecule has 0 unspecified atom stereocenters. The zero-order valence-corrected chi connectivity index (χ0v) is 16.0. The Kier molecular flexibility index (Phi) is 4.12. The summed E-state index contributed by atoms with van der Waals surface area (Å²) in [4.78, 5) is 11.8. The molecule has 0 saturated heterocycles. The summed E-state index contributed by atoms with van der Waals surface area (Å²) >= 11 is 0. The molecule has 1 aliphatic carbocycles. The number of nitrogens with one attached hydrogen (secondary N) is 1. The van der Waals surface area contributed by atoms with Gasteiger partial charge in [-0.2, -0.15) is 0 Å². The fraction of sp³-hybridized carbons (Fsp3) is 0.192. The number of fused-ring (bicyclic) bond motifs is 4. The molecule has 0 saturated carbocycles. The third-order valence-electron chi connectivity index (χ3n) is 6.03. The molecule has 1 aliphatic rings. The summed E-state index contributed by atoms with van der Waals surface area (Å²) in [5.41, 5.74) is 3.99. The smallest absolute Gasteiger partial charge is 0.217 e. The van der Waals surface area contributed by atoms with Gasteiger partial charge in [0.25, 0.3) is 0 Å². The Morgan fingerprint density at radius 2 is 1.54 bits per heavy atom. The summed E-state index contributed by atoms with van der Waals surface area (Å²) in [6.45, 7) is 1.61. The van der Waals surface area contributed by atoms with Crippen molar-refractivity contribution in [1.29, 1.82) is 0 Å². The largest absolute Gasteiger partial charge is 0.350 e. The van der Waals surface area contributed by atoms with E-state index in [0.717, 1.165) is 12.8 Å². The molecule has 2 atom stereocenters. The Morgan fingerprint density at radius 1 is 0.821 bits per heavy atom. The van der Waals surface area contributed by atoms with Crippen molar-refractivity contribution in [2.24, 2.45) is 0 Å². The summed E-state index contributed by atoms with van der Waals surface area (Å²) in [5, 5.41) is 8.28. The van der Waals surface area contributed by atoms with Gasteiger partial charge < -0.3 is 5.32 Å². The molecule has 0 aromatic heterocycles. The minimum atomic E-state index is 0.0354. The number of rotatable bonds is 2. The zero-order chi connectivity index (χ0) is 19.1. The first-order chi connectivity index (χ1) is 13.7. The Labute approximate surface area is 165 Å². The molecule has 0 bridgehead atoms. The van der Waals surface area contributed by atoms with Crippen molar-refractivity contribution in [2.45, 2.75) is 31.7 Å². The lowest BCUT2D eigenvalue weighted by Gasteiger charge is -2.33. The second-order valence-electron chi connectivity index (χ2n) is 7.78. The maximum atomic E-state index is 11.8. The van der Waals surface area contributed by atoms with Crippen LogP contribution < -0.4 is 5.32 Å². The molecule has 4 aromatic rings. The number of hydrogen-bond donors (Lipinski definition) is 1. The summed E-state index contributed by atoms with van der Waals surface area (Å²) in [7, 11) is 0. The molecule has 28 heavy (non-hydrogen) atoms. The van der Waals surface area contributed by atoms with Gasteiger partial charge in [0, 0.05) is 12.8 Å². The standard InChI is InChI=1S/C26H23NO/c1-17(28)27-25-15-14-23(21-11-10-18-6-2-3-8-20(18)16-21)26-22-9-5-4-7-19(22)12-13-24(25)26/h2-13,16,23,25H,14-15H2,1H3,(H,27,28)/t23-,25-/m1/s1. The third kappa shape index (κ3) is 2.86. The lowest BCUT2D eigenvalue weighted by molar-refractivity contribution is -0.119. The molecule has 5 rings (SSSR count). The van der Waals surface area contributed by atoms with Gasteiger partial charge in [-0.05, 0) is 51.1 Å². The Morgan fingerprint density at radius 3 is 2.36 bits per heavy atom. The van der Waals surface area contributed by atoms with Crippen molar-refractivity contribution in [3.8, 4) is 0 Å². The van der Waals surface area contributed by atoms with E-state index in [4.69, 9.17) is 0 Å². The SMILES string of the molecule is CC(=O)N[C@@H]1CC[C@H](c2ccc3ccccc3c2)c2c1ccc1ccccc21. The molecule has 2 heteroatoms. The maximum absolute atomic E-state index is 11.8. The summed E-state index contributed by atoms with van der Waals surface area (Å²) < 4.78 is 0. The second kappa shape index (κ2) is 6.79. The van der Waals surface area contributed by atoms with Crippen molar-refractivity contribution >= 4 is 27.5 Å². The summed E-state index contributed by atoms with van der Waals surface area (Å²) in [6.07, 6.45) is 1.99. The number of carbonyl (C=O) groups excluding carboxylic acids is 1. The summed E-state index contributed by atoms with van der Waals surface area (Å²) in [6, 6.07) is 28.5. The van der Waals surface area contributed by atoms with E-state index in [0.29, 0.717) is 5.92 Å². The Hall–Kier alpha value is -3.13. The average molecular weight is 365 g/mol. The Balaban J connectivity index is 1.71. The lowest BCUT2D eigenvalue weighted by Crippen LogP contribution is -2.30. The van der Waals surface area contributed by atoms with Gasteiger partial charge in [0.05, 0.1) is 6.04 Å². The first kappa shape index (κ1) is 17.0. The van der Waals surface area contributed by atoms with E-state index < -0.39 is 0 Å². The predicted molar refractivity (Wildman–Crippen MR) is 116 cm³/mol. The quantitative estimate of drug-likeness (QED) is 0.457. The van der Waals surface area contributed by atoms with Crippen LogP contribution in [0.4, 0.5) is 0 Å². The van der Waals surface area contributed by atoms with Crippen LogP contribution in [0.15, 0.2) is 78.9 Å². The van der Waals surface area contributed by atoms with Crippen LogP contribution in [-0.4, -0.2) is 5.91 Å². The molecular formula is C26H23NO. The number of amides is 1. The van der Waals surface area contributed by atoms with E-state index in [2.05, 4.69) is 84.2 Å². The maximum Gasteiger partial charge on any atom is 0.217 e. The van der Waals surface area contributed by atoms with Crippen LogP contribution >= 0.6 is 0 Å². The monoisotopic (exact) mass is 365 g/mol. The van der Waals surface area contributed by atoms with E-state index in [-0.39, 0.29) is 11.9 Å². The average Bonchev–Trinajstić information content (AvgIpc) is 2.73. The van der Waals surface area contributed by atoms with E-state index >= 15 is 0 Å².